The van der Waals surface area contributed by atoms with E-state index in [9.17, 15) is 9.59 Å². The molecule has 0 aromatic heterocycles. The second-order valence-electron chi connectivity index (χ2n) is 3.80. The van der Waals surface area contributed by atoms with Crippen LogP contribution in [0.25, 0.3) is 0 Å². The number of hydrogen-bond acceptors (Lipinski definition) is 3. The van der Waals surface area contributed by atoms with E-state index in [1.165, 1.54) is 4.90 Å². The van der Waals surface area contributed by atoms with E-state index in [-0.39, 0.29) is 6.03 Å². The number of nitrogens with zero attached hydrogens (tertiary/aromatic N) is 1. The first-order chi connectivity index (χ1) is 8.56. The largest absolute Gasteiger partial charge is 0.480 e. The van der Waals surface area contributed by atoms with Crippen LogP contribution < -0.4 is 5.32 Å². The van der Waals surface area contributed by atoms with Crippen LogP contribution in [-0.2, 0) is 9.53 Å². The minimum atomic E-state index is -1.03. The summed E-state index contributed by atoms with van der Waals surface area (Å²) in [4.78, 5) is 24.3. The van der Waals surface area contributed by atoms with Crippen molar-refractivity contribution in [1.82, 2.24) is 10.2 Å². The molecule has 2 amide bonds. The van der Waals surface area contributed by atoms with Crippen LogP contribution in [0.4, 0.5) is 4.79 Å². The molecule has 0 radical (unpaired) electrons. The quantitative estimate of drug-likeness (QED) is 0.479. The first-order valence-electron chi connectivity index (χ1n) is 5.94. The van der Waals surface area contributed by atoms with Crippen LogP contribution in [0.3, 0.4) is 0 Å². The molecule has 6 nitrogen and oxygen atoms in total. The summed E-state index contributed by atoms with van der Waals surface area (Å²) in [6.07, 6.45) is 2.53. The van der Waals surface area contributed by atoms with E-state index in [2.05, 4.69) is 11.9 Å². The Morgan fingerprint density at radius 1 is 1.56 bits per heavy atom. The summed E-state index contributed by atoms with van der Waals surface area (Å²) in [5.41, 5.74) is 0. The van der Waals surface area contributed by atoms with Crippen molar-refractivity contribution in [2.24, 2.45) is 0 Å². The molecule has 0 saturated carbocycles. The van der Waals surface area contributed by atoms with Crippen molar-refractivity contribution in [1.29, 1.82) is 0 Å². The topological polar surface area (TPSA) is 78.9 Å². The van der Waals surface area contributed by atoms with Gasteiger partial charge in [-0.15, -0.1) is 6.58 Å². The van der Waals surface area contributed by atoms with Gasteiger partial charge in [-0.25, -0.2) is 9.59 Å². The number of carboxylic acid groups (broad SMARTS) is 1. The van der Waals surface area contributed by atoms with Gasteiger partial charge in [0.25, 0.3) is 0 Å². The lowest BCUT2D eigenvalue weighted by Crippen LogP contribution is -2.48. The molecule has 0 aliphatic rings. The molecule has 0 heterocycles. The number of likely N-dealkylation sites (N-methyl/N-ethyl adjacent to an activating group) is 1. The number of carboxylic acids is 1. The molecular formula is C12H22N2O4. The van der Waals surface area contributed by atoms with Crippen molar-refractivity contribution in [2.45, 2.75) is 25.8 Å². The van der Waals surface area contributed by atoms with Gasteiger partial charge in [-0.1, -0.05) is 6.08 Å². The Bertz CT molecular complexity index is 281. The van der Waals surface area contributed by atoms with Crippen LogP contribution in [0.5, 0.6) is 0 Å². The highest BCUT2D eigenvalue weighted by Crippen LogP contribution is 2.00. The number of methoxy groups -OCH3 is 1. The molecule has 0 aromatic rings. The van der Waals surface area contributed by atoms with Gasteiger partial charge in [0, 0.05) is 26.8 Å². The zero-order chi connectivity index (χ0) is 14.0. The van der Waals surface area contributed by atoms with Gasteiger partial charge in [-0.05, 0) is 19.8 Å². The van der Waals surface area contributed by atoms with Crippen LogP contribution in [0.2, 0.25) is 0 Å². The van der Waals surface area contributed by atoms with E-state index in [0.717, 1.165) is 0 Å². The number of amides is 2. The SMILES string of the molecule is C=CCN(CC)C(=O)NC(CCCOC)C(=O)O. The van der Waals surface area contributed by atoms with Gasteiger partial charge in [0.05, 0.1) is 0 Å². The summed E-state index contributed by atoms with van der Waals surface area (Å²) in [7, 11) is 1.55. The van der Waals surface area contributed by atoms with Crippen LogP contribution >= 0.6 is 0 Å². The number of urea groups is 1. The van der Waals surface area contributed by atoms with Crippen LogP contribution in [0.15, 0.2) is 12.7 Å². The van der Waals surface area contributed by atoms with Crippen LogP contribution in [0.1, 0.15) is 19.8 Å². The van der Waals surface area contributed by atoms with E-state index in [1.807, 2.05) is 6.92 Å². The maximum atomic E-state index is 11.8. The summed E-state index contributed by atoms with van der Waals surface area (Å²) < 4.78 is 4.85. The smallest absolute Gasteiger partial charge is 0.326 e. The number of rotatable bonds is 9. The number of nitrogens with one attached hydrogen (secondary N) is 1. The number of carbonyl (C=O) groups is 2. The first kappa shape index (κ1) is 16.4. The summed E-state index contributed by atoms with van der Waals surface area (Å²) >= 11 is 0. The molecule has 0 saturated heterocycles. The third-order valence-corrected chi connectivity index (χ3v) is 2.46. The zero-order valence-electron chi connectivity index (χ0n) is 11.0. The Morgan fingerprint density at radius 3 is 2.67 bits per heavy atom. The Balaban J connectivity index is 4.33. The second kappa shape index (κ2) is 9.47. The molecule has 0 aromatic carbocycles. The van der Waals surface area contributed by atoms with Crippen molar-refractivity contribution >= 4 is 12.0 Å². The summed E-state index contributed by atoms with van der Waals surface area (Å²) in [5.74, 6) is -1.03. The number of hydrogen-bond donors (Lipinski definition) is 2. The second-order valence-corrected chi connectivity index (χ2v) is 3.80. The molecule has 18 heavy (non-hydrogen) atoms. The fourth-order valence-corrected chi connectivity index (χ4v) is 1.44. The van der Waals surface area contributed by atoms with Crippen LogP contribution in [-0.4, -0.2) is 54.9 Å². The first-order valence-corrected chi connectivity index (χ1v) is 5.94. The molecule has 104 valence electrons. The van der Waals surface area contributed by atoms with Crippen molar-refractivity contribution in [2.75, 3.05) is 26.8 Å². The fourth-order valence-electron chi connectivity index (χ4n) is 1.44. The maximum Gasteiger partial charge on any atom is 0.326 e. The molecular weight excluding hydrogens is 236 g/mol. The minimum absolute atomic E-state index is 0.348. The molecule has 1 atom stereocenters. The van der Waals surface area contributed by atoms with Crippen molar-refractivity contribution < 1.29 is 19.4 Å². The molecule has 1 unspecified atom stereocenters. The highest BCUT2D eigenvalue weighted by Gasteiger charge is 2.21. The molecule has 0 fully saturated rings. The molecule has 0 rings (SSSR count). The maximum absolute atomic E-state index is 11.8. The molecule has 2 N–H and O–H groups in total. The van der Waals surface area contributed by atoms with Gasteiger partial charge in [-0.3, -0.25) is 0 Å². The summed E-state index contributed by atoms with van der Waals surface area (Å²) in [6, 6.07) is -1.27. The Kier molecular flexibility index (Phi) is 8.65. The Hall–Kier alpha value is -1.56. The molecule has 0 spiro atoms. The van der Waals surface area contributed by atoms with Gasteiger partial charge < -0.3 is 20.1 Å². The summed E-state index contributed by atoms with van der Waals surface area (Å²) in [5, 5.41) is 11.5. The number of carbonyl (C=O) groups excluding carboxylic acids is 1. The third-order valence-electron chi connectivity index (χ3n) is 2.46. The van der Waals surface area contributed by atoms with Crippen molar-refractivity contribution in [3.8, 4) is 0 Å². The van der Waals surface area contributed by atoms with E-state index in [0.29, 0.717) is 32.5 Å². The van der Waals surface area contributed by atoms with E-state index in [1.54, 1.807) is 13.2 Å². The molecule has 0 aliphatic heterocycles. The average Bonchev–Trinajstić information content (AvgIpc) is 2.34. The van der Waals surface area contributed by atoms with Gasteiger partial charge in [-0.2, -0.15) is 0 Å². The lowest BCUT2D eigenvalue weighted by atomic mass is 10.1. The Labute approximate surface area is 108 Å². The highest BCUT2D eigenvalue weighted by atomic mass is 16.5. The van der Waals surface area contributed by atoms with Crippen LogP contribution in [0, 0.1) is 0 Å². The van der Waals surface area contributed by atoms with Crippen molar-refractivity contribution in [3.63, 3.8) is 0 Å². The summed E-state index contributed by atoms with van der Waals surface area (Å²) in [6.45, 7) is 6.75. The molecule has 0 bridgehead atoms. The number of ether oxygens (including phenoxy) is 1. The van der Waals surface area contributed by atoms with Crippen molar-refractivity contribution in [3.05, 3.63) is 12.7 Å². The van der Waals surface area contributed by atoms with Gasteiger partial charge in [0.15, 0.2) is 0 Å². The van der Waals surface area contributed by atoms with Gasteiger partial charge >= 0.3 is 12.0 Å². The van der Waals surface area contributed by atoms with E-state index < -0.39 is 12.0 Å². The van der Waals surface area contributed by atoms with Gasteiger partial charge in [0.1, 0.15) is 6.04 Å². The minimum Gasteiger partial charge on any atom is -0.480 e. The zero-order valence-corrected chi connectivity index (χ0v) is 11.0. The highest BCUT2D eigenvalue weighted by molar-refractivity contribution is 5.82. The van der Waals surface area contributed by atoms with E-state index in [4.69, 9.17) is 9.84 Å². The fraction of sp³-hybridized carbons (Fsp3) is 0.667. The third kappa shape index (κ3) is 6.24. The van der Waals surface area contributed by atoms with Gasteiger partial charge in [0.2, 0.25) is 0 Å². The van der Waals surface area contributed by atoms with E-state index >= 15 is 0 Å². The standard InChI is InChI=1S/C12H22N2O4/c1-4-8-14(5-2)12(17)13-10(11(15)16)7-6-9-18-3/h4,10H,1,5-9H2,2-3H3,(H,13,17)(H,15,16). The molecule has 0 aliphatic carbocycles. The Morgan fingerprint density at radius 2 is 2.22 bits per heavy atom. The lowest BCUT2D eigenvalue weighted by Gasteiger charge is -2.22. The normalized spacial score (nSPS) is 11.7. The predicted octanol–water partition coefficient (Wildman–Crippen LogP) is 1.08. The lowest BCUT2D eigenvalue weighted by molar-refractivity contribution is -0.139. The average molecular weight is 258 g/mol. The molecule has 6 heteroatoms. The monoisotopic (exact) mass is 258 g/mol. The predicted molar refractivity (Wildman–Crippen MR) is 68.5 cm³/mol. The number of aliphatic carboxylic acids is 1.